The van der Waals surface area contributed by atoms with Gasteiger partial charge in [-0.3, -0.25) is 0 Å². The third-order valence-corrected chi connectivity index (χ3v) is 3.74. The third kappa shape index (κ3) is 2.91. The highest BCUT2D eigenvalue weighted by molar-refractivity contribution is 5.21. The van der Waals surface area contributed by atoms with Crippen LogP contribution in [0.15, 0.2) is 30.3 Å². The van der Waals surface area contributed by atoms with E-state index in [1.54, 1.807) is 7.11 Å². The van der Waals surface area contributed by atoms with Crippen molar-refractivity contribution in [2.75, 3.05) is 13.9 Å². The monoisotopic (exact) mass is 250 g/mol. The average molecular weight is 250 g/mol. The molecular weight excluding hydrogens is 228 g/mol. The Balaban J connectivity index is 2.21. The van der Waals surface area contributed by atoms with Crippen LogP contribution in [0.3, 0.4) is 0 Å². The molecule has 0 saturated heterocycles. The van der Waals surface area contributed by atoms with Gasteiger partial charge in [-0.2, -0.15) is 0 Å². The fourth-order valence-corrected chi connectivity index (χ4v) is 2.76. The van der Waals surface area contributed by atoms with E-state index in [2.05, 4.69) is 0 Å². The Labute approximate surface area is 109 Å². The van der Waals surface area contributed by atoms with Crippen LogP contribution in [-0.2, 0) is 15.3 Å². The zero-order chi connectivity index (χ0) is 12.8. The number of benzene rings is 1. The van der Waals surface area contributed by atoms with Gasteiger partial charge in [-0.25, -0.2) is 0 Å². The standard InChI is InChI=1S/C15H22O3/c1-17-12-18-15(16,13-8-4-2-5-9-13)14-10-6-3-7-11-14/h2,4-5,8-9,14,16H,3,6-7,10-12H2,1H3. The fourth-order valence-electron chi connectivity index (χ4n) is 2.76. The number of rotatable bonds is 5. The second-order valence-corrected chi connectivity index (χ2v) is 4.95. The van der Waals surface area contributed by atoms with Crippen molar-refractivity contribution in [2.45, 2.75) is 37.9 Å². The molecule has 0 aromatic heterocycles. The summed E-state index contributed by atoms with van der Waals surface area (Å²) in [4.78, 5) is 0. The second kappa shape index (κ2) is 6.32. The lowest BCUT2D eigenvalue weighted by Gasteiger charge is -2.38. The lowest BCUT2D eigenvalue weighted by Crippen LogP contribution is -2.39. The first-order chi connectivity index (χ1) is 8.77. The van der Waals surface area contributed by atoms with Crippen molar-refractivity contribution in [1.82, 2.24) is 0 Å². The Morgan fingerprint density at radius 3 is 2.44 bits per heavy atom. The second-order valence-electron chi connectivity index (χ2n) is 4.95. The number of ether oxygens (including phenoxy) is 2. The van der Waals surface area contributed by atoms with Gasteiger partial charge in [-0.1, -0.05) is 49.6 Å². The van der Waals surface area contributed by atoms with Gasteiger partial charge < -0.3 is 14.6 Å². The molecule has 1 aliphatic carbocycles. The minimum Gasteiger partial charge on any atom is -0.361 e. The zero-order valence-electron chi connectivity index (χ0n) is 11.0. The number of aliphatic hydroxyl groups is 1. The maximum atomic E-state index is 10.9. The van der Waals surface area contributed by atoms with Gasteiger partial charge in [0.1, 0.15) is 6.79 Å². The molecule has 1 unspecified atom stereocenters. The van der Waals surface area contributed by atoms with Gasteiger partial charge in [-0.15, -0.1) is 0 Å². The van der Waals surface area contributed by atoms with Crippen molar-refractivity contribution in [1.29, 1.82) is 0 Å². The molecule has 0 spiro atoms. The molecule has 1 N–H and O–H groups in total. The fraction of sp³-hybridized carbons (Fsp3) is 0.600. The minimum absolute atomic E-state index is 0.113. The Morgan fingerprint density at radius 2 is 1.83 bits per heavy atom. The van der Waals surface area contributed by atoms with Crippen LogP contribution >= 0.6 is 0 Å². The first kappa shape index (κ1) is 13.5. The summed E-state index contributed by atoms with van der Waals surface area (Å²) in [5.41, 5.74) is 0.828. The third-order valence-electron chi connectivity index (χ3n) is 3.74. The molecule has 1 aromatic rings. The summed E-state index contributed by atoms with van der Waals surface area (Å²) in [5, 5.41) is 10.9. The van der Waals surface area contributed by atoms with Crippen LogP contribution in [0.25, 0.3) is 0 Å². The van der Waals surface area contributed by atoms with E-state index in [0.717, 1.165) is 31.2 Å². The van der Waals surface area contributed by atoms with Crippen molar-refractivity contribution in [2.24, 2.45) is 5.92 Å². The van der Waals surface area contributed by atoms with Gasteiger partial charge in [-0.05, 0) is 12.8 Å². The van der Waals surface area contributed by atoms with E-state index < -0.39 is 5.79 Å². The molecule has 0 heterocycles. The molecule has 0 radical (unpaired) electrons. The van der Waals surface area contributed by atoms with Crippen LogP contribution in [0.5, 0.6) is 0 Å². The molecule has 3 nitrogen and oxygen atoms in total. The summed E-state index contributed by atoms with van der Waals surface area (Å²) < 4.78 is 10.6. The molecule has 0 amide bonds. The molecule has 100 valence electrons. The van der Waals surface area contributed by atoms with E-state index in [1.165, 1.54) is 6.42 Å². The molecule has 1 aliphatic rings. The van der Waals surface area contributed by atoms with E-state index in [0.29, 0.717) is 0 Å². The lowest BCUT2D eigenvalue weighted by molar-refractivity contribution is -0.284. The number of methoxy groups -OCH3 is 1. The first-order valence-electron chi connectivity index (χ1n) is 6.68. The van der Waals surface area contributed by atoms with Crippen LogP contribution in [0.2, 0.25) is 0 Å². The highest BCUT2D eigenvalue weighted by Gasteiger charge is 2.40. The van der Waals surface area contributed by atoms with Crippen LogP contribution in [0, 0.1) is 5.92 Å². The van der Waals surface area contributed by atoms with Gasteiger partial charge in [0.2, 0.25) is 0 Å². The van der Waals surface area contributed by atoms with E-state index in [-0.39, 0.29) is 12.7 Å². The topological polar surface area (TPSA) is 38.7 Å². The van der Waals surface area contributed by atoms with E-state index in [9.17, 15) is 5.11 Å². The van der Waals surface area contributed by atoms with E-state index in [4.69, 9.17) is 9.47 Å². The van der Waals surface area contributed by atoms with Crippen molar-refractivity contribution in [3.05, 3.63) is 35.9 Å². The molecule has 0 aliphatic heterocycles. The SMILES string of the molecule is COCOC(O)(c1ccccc1)C1CCCCC1. The first-order valence-corrected chi connectivity index (χ1v) is 6.68. The van der Waals surface area contributed by atoms with Crippen LogP contribution in [-0.4, -0.2) is 19.0 Å². The van der Waals surface area contributed by atoms with Gasteiger partial charge >= 0.3 is 0 Å². The quantitative estimate of drug-likeness (QED) is 0.816. The van der Waals surface area contributed by atoms with Crippen LogP contribution in [0.1, 0.15) is 37.7 Å². The molecule has 18 heavy (non-hydrogen) atoms. The lowest BCUT2D eigenvalue weighted by atomic mass is 9.80. The normalized spacial score (nSPS) is 20.6. The van der Waals surface area contributed by atoms with E-state index >= 15 is 0 Å². The van der Waals surface area contributed by atoms with Crippen molar-refractivity contribution < 1.29 is 14.6 Å². The molecule has 1 fully saturated rings. The maximum Gasteiger partial charge on any atom is 0.197 e. The van der Waals surface area contributed by atoms with E-state index in [1.807, 2.05) is 30.3 Å². The van der Waals surface area contributed by atoms with Crippen molar-refractivity contribution in [3.63, 3.8) is 0 Å². The highest BCUT2D eigenvalue weighted by atomic mass is 16.7. The molecule has 1 aromatic carbocycles. The Hall–Kier alpha value is -0.900. The predicted octanol–water partition coefficient (Wildman–Crippen LogP) is 3.03. The zero-order valence-corrected chi connectivity index (χ0v) is 11.0. The average Bonchev–Trinajstić information content (AvgIpc) is 2.46. The highest BCUT2D eigenvalue weighted by Crippen LogP contribution is 2.40. The molecule has 1 saturated carbocycles. The van der Waals surface area contributed by atoms with Gasteiger partial charge in [0.25, 0.3) is 0 Å². The smallest absolute Gasteiger partial charge is 0.197 e. The number of hydrogen-bond donors (Lipinski definition) is 1. The summed E-state index contributed by atoms with van der Waals surface area (Å²) in [6.45, 7) is 0.113. The summed E-state index contributed by atoms with van der Waals surface area (Å²) in [6, 6.07) is 9.65. The maximum absolute atomic E-state index is 10.9. The van der Waals surface area contributed by atoms with Crippen LogP contribution in [0.4, 0.5) is 0 Å². The Kier molecular flexibility index (Phi) is 4.75. The summed E-state index contributed by atoms with van der Waals surface area (Å²) in [7, 11) is 1.58. The summed E-state index contributed by atoms with van der Waals surface area (Å²) in [6.07, 6.45) is 5.60. The largest absolute Gasteiger partial charge is 0.361 e. The molecule has 1 atom stereocenters. The molecule has 0 bridgehead atoms. The summed E-state index contributed by atoms with van der Waals surface area (Å²) in [5.74, 6) is -1.05. The van der Waals surface area contributed by atoms with Crippen molar-refractivity contribution >= 4 is 0 Å². The van der Waals surface area contributed by atoms with Gasteiger partial charge in [0.05, 0.1) is 0 Å². The van der Waals surface area contributed by atoms with Crippen molar-refractivity contribution in [3.8, 4) is 0 Å². The molecular formula is C15H22O3. The molecule has 2 rings (SSSR count). The minimum atomic E-state index is -1.21. The summed E-state index contributed by atoms with van der Waals surface area (Å²) >= 11 is 0. The Morgan fingerprint density at radius 1 is 1.17 bits per heavy atom. The van der Waals surface area contributed by atoms with Crippen LogP contribution < -0.4 is 0 Å². The predicted molar refractivity (Wildman–Crippen MR) is 69.9 cm³/mol. The number of hydrogen-bond acceptors (Lipinski definition) is 3. The van der Waals surface area contributed by atoms with Gasteiger partial charge in [0.15, 0.2) is 5.79 Å². The van der Waals surface area contributed by atoms with Gasteiger partial charge in [0, 0.05) is 18.6 Å². The molecule has 3 heteroatoms. The Bertz CT molecular complexity index is 346.